The van der Waals surface area contributed by atoms with E-state index in [0.29, 0.717) is 13.0 Å². The number of aromatic nitrogens is 3. The largest absolute Gasteiger partial charge is 0.493 e. The molecule has 0 fully saturated rings. The highest BCUT2D eigenvalue weighted by molar-refractivity contribution is 5.83. The minimum absolute atomic E-state index is 0.0908. The van der Waals surface area contributed by atoms with Crippen molar-refractivity contribution < 1.29 is 9.53 Å². The van der Waals surface area contributed by atoms with Crippen LogP contribution >= 0.6 is 0 Å². The molecule has 1 aliphatic heterocycles. The number of Topliss-reactive ketones (excluding diaryl/α,β-unsaturated/α-hetero) is 1. The van der Waals surface area contributed by atoms with E-state index < -0.39 is 0 Å². The zero-order valence-electron chi connectivity index (χ0n) is 11.5. The second kappa shape index (κ2) is 5.45. The molecule has 1 unspecified atom stereocenters. The predicted molar refractivity (Wildman–Crippen MR) is 73.5 cm³/mol. The molecule has 0 bridgehead atoms. The number of ether oxygens (including phenoxy) is 1. The Balaban J connectivity index is 1.70. The summed E-state index contributed by atoms with van der Waals surface area (Å²) in [7, 11) is 0. The SMILES string of the molecule is CCn1ncnc1CC(=O)C1COc2ccccc2C1. The Bertz CT molecular complexity index is 621. The van der Waals surface area contributed by atoms with Crippen LogP contribution in [-0.4, -0.2) is 27.2 Å². The van der Waals surface area contributed by atoms with Gasteiger partial charge in [0, 0.05) is 6.54 Å². The van der Waals surface area contributed by atoms with Gasteiger partial charge in [-0.3, -0.25) is 4.79 Å². The minimum atomic E-state index is -0.0908. The van der Waals surface area contributed by atoms with Gasteiger partial charge in [0.2, 0.25) is 0 Å². The standard InChI is InChI=1S/C15H17N3O2/c1-2-18-15(16-10-17-18)8-13(19)12-7-11-5-3-4-6-14(11)20-9-12/h3-6,10,12H,2,7-9H2,1H3. The lowest BCUT2D eigenvalue weighted by molar-refractivity contribution is -0.123. The van der Waals surface area contributed by atoms with Crippen LogP contribution in [0.15, 0.2) is 30.6 Å². The van der Waals surface area contributed by atoms with E-state index in [0.717, 1.165) is 30.1 Å². The fraction of sp³-hybridized carbons (Fsp3) is 0.400. The summed E-state index contributed by atoms with van der Waals surface area (Å²) in [5.41, 5.74) is 1.11. The van der Waals surface area contributed by atoms with Crippen molar-refractivity contribution in [2.75, 3.05) is 6.61 Å². The molecular formula is C15H17N3O2. The second-order valence-electron chi connectivity index (χ2n) is 4.95. The highest BCUT2D eigenvalue weighted by Crippen LogP contribution is 2.27. The maximum Gasteiger partial charge on any atom is 0.147 e. The Morgan fingerprint density at radius 2 is 2.30 bits per heavy atom. The average molecular weight is 271 g/mol. The fourth-order valence-corrected chi connectivity index (χ4v) is 2.52. The molecule has 5 heteroatoms. The summed E-state index contributed by atoms with van der Waals surface area (Å²) >= 11 is 0. The van der Waals surface area contributed by atoms with E-state index in [2.05, 4.69) is 10.1 Å². The number of carbonyl (C=O) groups excluding carboxylic acids is 1. The summed E-state index contributed by atoms with van der Waals surface area (Å²) < 4.78 is 7.43. The van der Waals surface area contributed by atoms with Gasteiger partial charge in [0.05, 0.1) is 18.9 Å². The average Bonchev–Trinajstić information content (AvgIpc) is 2.94. The normalized spacial score (nSPS) is 17.4. The van der Waals surface area contributed by atoms with Crippen molar-refractivity contribution in [1.82, 2.24) is 14.8 Å². The fourth-order valence-electron chi connectivity index (χ4n) is 2.52. The van der Waals surface area contributed by atoms with Crippen molar-refractivity contribution in [1.29, 1.82) is 0 Å². The number of nitrogens with zero attached hydrogens (tertiary/aromatic N) is 3. The summed E-state index contributed by atoms with van der Waals surface area (Å²) in [6.07, 6.45) is 2.57. The molecule has 20 heavy (non-hydrogen) atoms. The molecule has 0 aliphatic carbocycles. The highest BCUT2D eigenvalue weighted by Gasteiger charge is 2.26. The van der Waals surface area contributed by atoms with Gasteiger partial charge in [-0.05, 0) is 25.0 Å². The Hall–Kier alpha value is -2.17. The number of hydrogen-bond donors (Lipinski definition) is 0. The van der Waals surface area contributed by atoms with Crippen LogP contribution in [0, 0.1) is 5.92 Å². The number of rotatable bonds is 4. The first-order chi connectivity index (χ1) is 9.78. The van der Waals surface area contributed by atoms with Crippen LogP contribution in [0.4, 0.5) is 0 Å². The molecule has 5 nitrogen and oxygen atoms in total. The lowest BCUT2D eigenvalue weighted by atomic mass is 9.91. The quantitative estimate of drug-likeness (QED) is 0.848. The molecule has 1 aromatic carbocycles. The van der Waals surface area contributed by atoms with Crippen molar-refractivity contribution in [3.8, 4) is 5.75 Å². The van der Waals surface area contributed by atoms with Crippen LogP contribution in [-0.2, 0) is 24.2 Å². The van der Waals surface area contributed by atoms with Crippen LogP contribution in [0.25, 0.3) is 0 Å². The molecule has 0 saturated heterocycles. The molecule has 2 heterocycles. The molecule has 2 aromatic rings. The topological polar surface area (TPSA) is 57.0 Å². The maximum absolute atomic E-state index is 12.4. The second-order valence-corrected chi connectivity index (χ2v) is 4.95. The molecule has 0 spiro atoms. The van der Waals surface area contributed by atoms with E-state index in [1.54, 1.807) is 4.68 Å². The van der Waals surface area contributed by atoms with E-state index >= 15 is 0 Å². The van der Waals surface area contributed by atoms with Crippen molar-refractivity contribution in [3.63, 3.8) is 0 Å². The van der Waals surface area contributed by atoms with E-state index in [1.807, 2.05) is 31.2 Å². The third-order valence-corrected chi connectivity index (χ3v) is 3.66. The molecule has 0 radical (unpaired) electrons. The maximum atomic E-state index is 12.4. The predicted octanol–water partition coefficient (Wildman–Crippen LogP) is 1.66. The Morgan fingerprint density at radius 1 is 1.45 bits per heavy atom. The third-order valence-electron chi connectivity index (χ3n) is 3.66. The van der Waals surface area contributed by atoms with Gasteiger partial charge in [-0.25, -0.2) is 9.67 Å². The molecule has 3 rings (SSSR count). The number of ketones is 1. The first kappa shape index (κ1) is 12.8. The number of carbonyl (C=O) groups is 1. The van der Waals surface area contributed by atoms with Gasteiger partial charge in [0.1, 0.15) is 23.7 Å². The summed E-state index contributed by atoms with van der Waals surface area (Å²) in [4.78, 5) is 16.5. The molecule has 1 aromatic heterocycles. The Kier molecular flexibility index (Phi) is 3.50. The van der Waals surface area contributed by atoms with Crippen LogP contribution in [0.5, 0.6) is 5.75 Å². The summed E-state index contributed by atoms with van der Waals surface area (Å²) in [5.74, 6) is 1.71. The van der Waals surface area contributed by atoms with Gasteiger partial charge in [0.15, 0.2) is 0 Å². The van der Waals surface area contributed by atoms with Crippen LogP contribution in [0.2, 0.25) is 0 Å². The molecule has 1 atom stereocenters. The van der Waals surface area contributed by atoms with Crippen molar-refractivity contribution >= 4 is 5.78 Å². The molecule has 0 amide bonds. The molecular weight excluding hydrogens is 254 g/mol. The Morgan fingerprint density at radius 3 is 3.15 bits per heavy atom. The highest BCUT2D eigenvalue weighted by atomic mass is 16.5. The number of fused-ring (bicyclic) bond motifs is 1. The first-order valence-corrected chi connectivity index (χ1v) is 6.88. The van der Waals surface area contributed by atoms with E-state index in [9.17, 15) is 4.79 Å². The molecule has 104 valence electrons. The van der Waals surface area contributed by atoms with Crippen molar-refractivity contribution in [3.05, 3.63) is 42.0 Å². The molecule has 0 N–H and O–H groups in total. The first-order valence-electron chi connectivity index (χ1n) is 6.88. The molecule has 1 aliphatic rings. The van der Waals surface area contributed by atoms with Gasteiger partial charge >= 0.3 is 0 Å². The monoisotopic (exact) mass is 271 g/mol. The Labute approximate surface area is 117 Å². The van der Waals surface area contributed by atoms with E-state index in [4.69, 9.17) is 4.74 Å². The minimum Gasteiger partial charge on any atom is -0.493 e. The third kappa shape index (κ3) is 2.43. The van der Waals surface area contributed by atoms with Gasteiger partial charge in [-0.1, -0.05) is 18.2 Å². The van der Waals surface area contributed by atoms with Crippen molar-refractivity contribution in [2.24, 2.45) is 5.92 Å². The smallest absolute Gasteiger partial charge is 0.147 e. The van der Waals surface area contributed by atoms with Crippen LogP contribution in [0.3, 0.4) is 0 Å². The number of para-hydroxylation sites is 1. The number of hydrogen-bond acceptors (Lipinski definition) is 4. The van der Waals surface area contributed by atoms with Crippen LogP contribution in [0.1, 0.15) is 18.3 Å². The van der Waals surface area contributed by atoms with Crippen LogP contribution < -0.4 is 4.74 Å². The van der Waals surface area contributed by atoms with Gasteiger partial charge in [-0.15, -0.1) is 0 Å². The van der Waals surface area contributed by atoms with Gasteiger partial charge in [0.25, 0.3) is 0 Å². The number of aryl methyl sites for hydroxylation is 1. The van der Waals surface area contributed by atoms with Gasteiger partial charge in [-0.2, -0.15) is 5.10 Å². The lowest BCUT2D eigenvalue weighted by Crippen LogP contribution is -2.30. The zero-order valence-corrected chi connectivity index (χ0v) is 11.5. The number of benzene rings is 1. The summed E-state index contributed by atoms with van der Waals surface area (Å²) in [6, 6.07) is 7.89. The van der Waals surface area contributed by atoms with E-state index in [-0.39, 0.29) is 11.7 Å². The van der Waals surface area contributed by atoms with Gasteiger partial charge < -0.3 is 4.74 Å². The summed E-state index contributed by atoms with van der Waals surface area (Å²) in [5, 5.41) is 4.09. The molecule has 0 saturated carbocycles. The van der Waals surface area contributed by atoms with E-state index in [1.165, 1.54) is 6.33 Å². The zero-order chi connectivity index (χ0) is 13.9. The van der Waals surface area contributed by atoms with Crippen molar-refractivity contribution in [2.45, 2.75) is 26.3 Å². The lowest BCUT2D eigenvalue weighted by Gasteiger charge is -2.24. The summed E-state index contributed by atoms with van der Waals surface area (Å²) in [6.45, 7) is 3.17.